The SMILES string of the molecule is CS(=O)(=O)OCCC1OC(=O)c2cc(Br)ccc21. The van der Waals surface area contributed by atoms with Gasteiger partial charge in [-0.3, -0.25) is 4.18 Å². The van der Waals surface area contributed by atoms with Gasteiger partial charge >= 0.3 is 5.97 Å². The summed E-state index contributed by atoms with van der Waals surface area (Å²) in [6.07, 6.45) is 0.856. The fourth-order valence-electron chi connectivity index (χ4n) is 1.76. The highest BCUT2D eigenvalue weighted by Gasteiger charge is 2.30. The first-order chi connectivity index (χ1) is 8.37. The predicted octanol–water partition coefficient (Wildman–Crippen LogP) is 2.03. The number of cyclic esters (lactones) is 1. The smallest absolute Gasteiger partial charge is 0.339 e. The van der Waals surface area contributed by atoms with Crippen LogP contribution in [0.5, 0.6) is 0 Å². The maximum atomic E-state index is 11.6. The van der Waals surface area contributed by atoms with Crippen LogP contribution in [0, 0.1) is 0 Å². The molecule has 0 aromatic heterocycles. The minimum Gasteiger partial charge on any atom is -0.454 e. The molecule has 1 aliphatic heterocycles. The van der Waals surface area contributed by atoms with Crippen molar-refractivity contribution in [3.05, 3.63) is 33.8 Å². The van der Waals surface area contributed by atoms with Gasteiger partial charge in [0.05, 0.1) is 18.4 Å². The van der Waals surface area contributed by atoms with Crippen molar-refractivity contribution in [1.82, 2.24) is 0 Å². The lowest BCUT2D eigenvalue weighted by Crippen LogP contribution is -2.08. The zero-order valence-electron chi connectivity index (χ0n) is 9.55. The fourth-order valence-corrected chi connectivity index (χ4v) is 2.52. The number of hydrogen-bond donors (Lipinski definition) is 0. The van der Waals surface area contributed by atoms with Gasteiger partial charge in [0.1, 0.15) is 6.10 Å². The second-order valence-corrected chi connectivity index (χ2v) is 6.50. The number of ether oxygens (including phenoxy) is 1. The van der Waals surface area contributed by atoms with Crippen LogP contribution < -0.4 is 0 Å². The Morgan fingerprint density at radius 1 is 1.44 bits per heavy atom. The summed E-state index contributed by atoms with van der Waals surface area (Å²) in [4.78, 5) is 11.6. The van der Waals surface area contributed by atoms with Crippen molar-refractivity contribution in [2.24, 2.45) is 0 Å². The van der Waals surface area contributed by atoms with Gasteiger partial charge in [0.15, 0.2) is 0 Å². The van der Waals surface area contributed by atoms with Crippen LogP contribution in [0.3, 0.4) is 0 Å². The third-order valence-electron chi connectivity index (χ3n) is 2.51. The molecule has 0 aliphatic carbocycles. The molecule has 0 saturated carbocycles. The Morgan fingerprint density at radius 2 is 2.17 bits per heavy atom. The highest BCUT2D eigenvalue weighted by Crippen LogP contribution is 2.34. The molecule has 0 bridgehead atoms. The molecule has 0 spiro atoms. The first-order valence-electron chi connectivity index (χ1n) is 5.21. The summed E-state index contributed by atoms with van der Waals surface area (Å²) in [5, 5.41) is 0. The molecule has 0 radical (unpaired) electrons. The van der Waals surface area contributed by atoms with Gasteiger partial charge in [0.25, 0.3) is 10.1 Å². The van der Waals surface area contributed by atoms with Crippen molar-refractivity contribution in [3.63, 3.8) is 0 Å². The highest BCUT2D eigenvalue weighted by molar-refractivity contribution is 9.10. The molecule has 0 fully saturated rings. The van der Waals surface area contributed by atoms with E-state index < -0.39 is 22.2 Å². The van der Waals surface area contributed by atoms with E-state index in [2.05, 4.69) is 20.1 Å². The zero-order chi connectivity index (χ0) is 13.3. The zero-order valence-corrected chi connectivity index (χ0v) is 12.0. The lowest BCUT2D eigenvalue weighted by atomic mass is 10.0. The third-order valence-corrected chi connectivity index (χ3v) is 3.60. The van der Waals surface area contributed by atoms with E-state index in [1.54, 1.807) is 12.1 Å². The second kappa shape index (κ2) is 4.99. The minimum absolute atomic E-state index is 0.00765. The van der Waals surface area contributed by atoms with Gasteiger partial charge in [0, 0.05) is 16.5 Å². The summed E-state index contributed by atoms with van der Waals surface area (Å²) in [7, 11) is -3.46. The molecule has 1 unspecified atom stereocenters. The van der Waals surface area contributed by atoms with E-state index in [4.69, 9.17) is 4.74 Å². The standard InChI is InChI=1S/C11H11BrO5S/c1-18(14,15)16-5-4-10-8-3-2-7(12)6-9(8)11(13)17-10/h2-3,6,10H,4-5H2,1H3. The van der Waals surface area contributed by atoms with E-state index in [-0.39, 0.29) is 6.61 Å². The second-order valence-electron chi connectivity index (χ2n) is 3.94. The molecular weight excluding hydrogens is 324 g/mol. The quantitative estimate of drug-likeness (QED) is 0.622. The summed E-state index contributed by atoms with van der Waals surface area (Å²) in [6, 6.07) is 5.29. The monoisotopic (exact) mass is 334 g/mol. The van der Waals surface area contributed by atoms with Crippen molar-refractivity contribution in [2.75, 3.05) is 12.9 Å². The Hall–Kier alpha value is -0.920. The van der Waals surface area contributed by atoms with Crippen LogP contribution >= 0.6 is 15.9 Å². The van der Waals surface area contributed by atoms with E-state index in [1.165, 1.54) is 0 Å². The highest BCUT2D eigenvalue weighted by atomic mass is 79.9. The van der Waals surface area contributed by atoms with Crippen LogP contribution in [-0.4, -0.2) is 27.2 Å². The molecule has 98 valence electrons. The summed E-state index contributed by atoms with van der Waals surface area (Å²) >= 11 is 3.28. The first-order valence-corrected chi connectivity index (χ1v) is 7.82. The lowest BCUT2D eigenvalue weighted by Gasteiger charge is -2.09. The summed E-state index contributed by atoms with van der Waals surface area (Å²) in [5.74, 6) is -0.393. The molecule has 0 saturated heterocycles. The largest absolute Gasteiger partial charge is 0.454 e. The van der Waals surface area contributed by atoms with Crippen LogP contribution in [0.25, 0.3) is 0 Å². The molecular formula is C11H11BrO5S. The number of carbonyl (C=O) groups excluding carboxylic acids is 1. The maximum Gasteiger partial charge on any atom is 0.339 e. The molecule has 0 amide bonds. The van der Waals surface area contributed by atoms with Crippen LogP contribution in [0.4, 0.5) is 0 Å². The van der Waals surface area contributed by atoms with Gasteiger partial charge in [-0.25, -0.2) is 4.79 Å². The van der Waals surface area contributed by atoms with Crippen LogP contribution in [0.1, 0.15) is 28.4 Å². The van der Waals surface area contributed by atoms with Gasteiger partial charge < -0.3 is 4.74 Å². The lowest BCUT2D eigenvalue weighted by molar-refractivity contribution is 0.0343. The molecule has 1 aliphatic rings. The first kappa shape index (κ1) is 13.5. The molecule has 5 nitrogen and oxygen atoms in total. The van der Waals surface area contributed by atoms with Crippen LogP contribution in [-0.2, 0) is 19.0 Å². The average Bonchev–Trinajstić information content (AvgIpc) is 2.54. The number of benzene rings is 1. The van der Waals surface area contributed by atoms with Crippen molar-refractivity contribution < 1.29 is 22.1 Å². The molecule has 0 N–H and O–H groups in total. The topological polar surface area (TPSA) is 69.7 Å². The molecule has 7 heteroatoms. The number of esters is 1. The normalized spacial score (nSPS) is 18.6. The molecule has 1 aromatic carbocycles. The average molecular weight is 335 g/mol. The number of hydrogen-bond acceptors (Lipinski definition) is 5. The Labute approximate surface area is 113 Å². The van der Waals surface area contributed by atoms with Gasteiger partial charge in [-0.2, -0.15) is 8.42 Å². The van der Waals surface area contributed by atoms with E-state index in [0.29, 0.717) is 12.0 Å². The van der Waals surface area contributed by atoms with Crippen molar-refractivity contribution in [3.8, 4) is 0 Å². The van der Waals surface area contributed by atoms with Crippen LogP contribution in [0.15, 0.2) is 22.7 Å². The van der Waals surface area contributed by atoms with Crippen molar-refractivity contribution >= 4 is 32.0 Å². The minimum atomic E-state index is -3.46. The van der Waals surface area contributed by atoms with E-state index in [0.717, 1.165) is 16.3 Å². The van der Waals surface area contributed by atoms with E-state index in [1.807, 2.05) is 6.07 Å². The molecule has 1 aromatic rings. The van der Waals surface area contributed by atoms with Gasteiger partial charge in [-0.05, 0) is 12.1 Å². The predicted molar refractivity (Wildman–Crippen MR) is 67.7 cm³/mol. The number of halogens is 1. The van der Waals surface area contributed by atoms with Gasteiger partial charge in [-0.1, -0.05) is 22.0 Å². The van der Waals surface area contributed by atoms with Gasteiger partial charge in [0.2, 0.25) is 0 Å². The Kier molecular flexibility index (Phi) is 3.74. The molecule has 2 rings (SSSR count). The Morgan fingerprint density at radius 3 is 2.83 bits per heavy atom. The number of carbonyl (C=O) groups is 1. The van der Waals surface area contributed by atoms with E-state index >= 15 is 0 Å². The summed E-state index contributed by atoms with van der Waals surface area (Å²) in [6.45, 7) is -0.00765. The van der Waals surface area contributed by atoms with E-state index in [9.17, 15) is 13.2 Å². The number of rotatable bonds is 4. The molecule has 18 heavy (non-hydrogen) atoms. The van der Waals surface area contributed by atoms with Crippen molar-refractivity contribution in [2.45, 2.75) is 12.5 Å². The van der Waals surface area contributed by atoms with Crippen molar-refractivity contribution in [1.29, 1.82) is 0 Å². The van der Waals surface area contributed by atoms with Gasteiger partial charge in [-0.15, -0.1) is 0 Å². The van der Waals surface area contributed by atoms with Crippen LogP contribution in [0.2, 0.25) is 0 Å². The summed E-state index contributed by atoms with van der Waals surface area (Å²) in [5.41, 5.74) is 1.27. The third kappa shape index (κ3) is 3.09. The molecule has 1 atom stereocenters. The molecule has 1 heterocycles. The Balaban J connectivity index is 2.08. The maximum absolute atomic E-state index is 11.6. The fraction of sp³-hybridized carbons (Fsp3) is 0.364. The number of fused-ring (bicyclic) bond motifs is 1. The Bertz CT molecular complexity index is 581. The summed E-state index contributed by atoms with van der Waals surface area (Å²) < 4.78 is 32.2.